The Kier molecular flexibility index (Phi) is 5.73. The van der Waals surface area contributed by atoms with E-state index in [9.17, 15) is 9.59 Å². The van der Waals surface area contributed by atoms with Crippen LogP contribution in [-0.4, -0.2) is 43.5 Å². The van der Waals surface area contributed by atoms with Crippen molar-refractivity contribution >= 4 is 23.6 Å². The minimum Gasteiger partial charge on any atom is -0.444 e. The van der Waals surface area contributed by atoms with Crippen LogP contribution in [0.2, 0.25) is 0 Å². The molecular formula is C15H23N3O4. The summed E-state index contributed by atoms with van der Waals surface area (Å²) >= 11 is 0. The van der Waals surface area contributed by atoms with Gasteiger partial charge in [-0.05, 0) is 32.9 Å². The molecule has 1 aromatic rings. The van der Waals surface area contributed by atoms with Gasteiger partial charge in [-0.25, -0.2) is 9.78 Å². The molecule has 1 rings (SSSR count). The van der Waals surface area contributed by atoms with E-state index in [0.717, 1.165) is 0 Å². The van der Waals surface area contributed by atoms with Gasteiger partial charge in [0.05, 0.1) is 5.69 Å². The second kappa shape index (κ2) is 7.11. The lowest BCUT2D eigenvalue weighted by molar-refractivity contribution is -0.140. The number of carbonyl (C=O) groups is 2. The summed E-state index contributed by atoms with van der Waals surface area (Å²) in [7, 11) is 3.33. The predicted molar refractivity (Wildman–Crippen MR) is 83.9 cm³/mol. The molecule has 0 spiro atoms. The molecule has 7 heteroatoms. The van der Waals surface area contributed by atoms with E-state index in [4.69, 9.17) is 9.47 Å². The molecule has 1 heterocycles. The predicted octanol–water partition coefficient (Wildman–Crippen LogP) is 2.41. The lowest BCUT2D eigenvalue weighted by atomic mass is 10.2. The zero-order valence-corrected chi connectivity index (χ0v) is 13.9. The van der Waals surface area contributed by atoms with Crippen LogP contribution in [0.15, 0.2) is 18.3 Å². The van der Waals surface area contributed by atoms with Crippen molar-refractivity contribution in [1.82, 2.24) is 4.98 Å². The summed E-state index contributed by atoms with van der Waals surface area (Å²) in [6.45, 7) is 6.78. The molecule has 0 atom stereocenters. The number of ether oxygens (including phenoxy) is 2. The zero-order chi connectivity index (χ0) is 16.9. The number of hydrogen-bond acceptors (Lipinski definition) is 6. The number of anilines is 2. The first-order valence-electron chi connectivity index (χ1n) is 6.88. The van der Waals surface area contributed by atoms with Crippen molar-refractivity contribution in [3.8, 4) is 0 Å². The smallest absolute Gasteiger partial charge is 0.414 e. The number of amides is 1. The standard InChI is InChI=1S/C15H23N3O4/c1-11(19)21-10-17(5)13-12(8-7-9-16-13)18(6)14(20)22-15(2,3)4/h7-9H,10H2,1-6H3. The van der Waals surface area contributed by atoms with Crippen LogP contribution in [0, 0.1) is 0 Å². The Balaban J connectivity index is 2.95. The summed E-state index contributed by atoms with van der Waals surface area (Å²) in [6, 6.07) is 3.47. The molecule has 0 aliphatic heterocycles. The molecule has 0 N–H and O–H groups in total. The molecule has 7 nitrogen and oxygen atoms in total. The Morgan fingerprint density at radius 2 is 1.91 bits per heavy atom. The topological polar surface area (TPSA) is 72.0 Å². The Morgan fingerprint density at radius 1 is 1.27 bits per heavy atom. The number of pyridine rings is 1. The fourth-order valence-electron chi connectivity index (χ4n) is 1.62. The van der Waals surface area contributed by atoms with Crippen molar-refractivity contribution in [3.63, 3.8) is 0 Å². The van der Waals surface area contributed by atoms with E-state index < -0.39 is 11.7 Å². The highest BCUT2D eigenvalue weighted by atomic mass is 16.6. The van der Waals surface area contributed by atoms with Crippen LogP contribution in [0.4, 0.5) is 16.3 Å². The molecule has 1 aromatic heterocycles. The average Bonchev–Trinajstić information content (AvgIpc) is 2.42. The van der Waals surface area contributed by atoms with Crippen LogP contribution in [0.1, 0.15) is 27.7 Å². The van der Waals surface area contributed by atoms with Gasteiger partial charge >= 0.3 is 12.1 Å². The van der Waals surface area contributed by atoms with E-state index in [2.05, 4.69) is 4.98 Å². The zero-order valence-electron chi connectivity index (χ0n) is 13.9. The average molecular weight is 309 g/mol. The van der Waals surface area contributed by atoms with Gasteiger partial charge in [0.1, 0.15) is 5.60 Å². The monoisotopic (exact) mass is 309 g/mol. The summed E-state index contributed by atoms with van der Waals surface area (Å²) in [5.74, 6) is 0.127. The lowest BCUT2D eigenvalue weighted by Crippen LogP contribution is -2.35. The number of aromatic nitrogens is 1. The maximum absolute atomic E-state index is 12.2. The maximum atomic E-state index is 12.2. The maximum Gasteiger partial charge on any atom is 0.414 e. The second-order valence-electron chi connectivity index (χ2n) is 5.85. The SMILES string of the molecule is CC(=O)OCN(C)c1ncccc1N(C)C(=O)OC(C)(C)C. The van der Waals surface area contributed by atoms with E-state index in [0.29, 0.717) is 11.5 Å². The van der Waals surface area contributed by atoms with Gasteiger partial charge in [0.15, 0.2) is 12.5 Å². The number of hydrogen-bond donors (Lipinski definition) is 0. The lowest BCUT2D eigenvalue weighted by Gasteiger charge is -2.27. The number of rotatable bonds is 4. The molecule has 1 amide bonds. The van der Waals surface area contributed by atoms with Crippen molar-refractivity contribution < 1.29 is 19.1 Å². The molecule has 0 bridgehead atoms. The Labute approximate surface area is 130 Å². The van der Waals surface area contributed by atoms with Gasteiger partial charge in [0.2, 0.25) is 0 Å². The van der Waals surface area contributed by atoms with Gasteiger partial charge in [-0.1, -0.05) is 0 Å². The summed E-state index contributed by atoms with van der Waals surface area (Å²) in [4.78, 5) is 30.3. The van der Waals surface area contributed by atoms with Gasteiger partial charge < -0.3 is 14.4 Å². The molecule has 0 radical (unpaired) electrons. The van der Waals surface area contributed by atoms with E-state index in [1.54, 1.807) is 58.1 Å². The molecule has 0 fully saturated rings. The number of nitrogens with zero attached hydrogens (tertiary/aromatic N) is 3. The first-order chi connectivity index (χ1) is 10.1. The van der Waals surface area contributed by atoms with E-state index in [1.165, 1.54) is 11.8 Å². The van der Waals surface area contributed by atoms with Crippen molar-refractivity contribution in [2.24, 2.45) is 0 Å². The van der Waals surface area contributed by atoms with Crippen LogP contribution >= 0.6 is 0 Å². The third-order valence-corrected chi connectivity index (χ3v) is 2.62. The molecule has 0 saturated heterocycles. The van der Waals surface area contributed by atoms with Gasteiger partial charge in [-0.15, -0.1) is 0 Å². The highest BCUT2D eigenvalue weighted by Crippen LogP contribution is 2.26. The molecule has 0 unspecified atom stereocenters. The summed E-state index contributed by atoms with van der Waals surface area (Å²) < 4.78 is 10.3. The Hall–Kier alpha value is -2.31. The Morgan fingerprint density at radius 3 is 2.45 bits per heavy atom. The van der Waals surface area contributed by atoms with Crippen LogP contribution in [0.5, 0.6) is 0 Å². The van der Waals surface area contributed by atoms with Gasteiger partial charge in [0, 0.05) is 27.2 Å². The minimum atomic E-state index is -0.586. The molecule has 0 saturated carbocycles. The largest absolute Gasteiger partial charge is 0.444 e. The minimum absolute atomic E-state index is 0.0432. The second-order valence-corrected chi connectivity index (χ2v) is 5.85. The normalized spacial score (nSPS) is 10.8. The van der Waals surface area contributed by atoms with Crippen molar-refractivity contribution in [2.45, 2.75) is 33.3 Å². The highest BCUT2D eigenvalue weighted by Gasteiger charge is 2.23. The van der Waals surface area contributed by atoms with E-state index in [-0.39, 0.29) is 12.7 Å². The summed E-state index contributed by atoms with van der Waals surface area (Å²) in [6.07, 6.45) is 1.12. The first-order valence-corrected chi connectivity index (χ1v) is 6.88. The summed E-state index contributed by atoms with van der Waals surface area (Å²) in [5, 5.41) is 0. The fourth-order valence-corrected chi connectivity index (χ4v) is 1.62. The van der Waals surface area contributed by atoms with Gasteiger partial charge in [-0.3, -0.25) is 9.69 Å². The molecule has 122 valence electrons. The van der Waals surface area contributed by atoms with Crippen molar-refractivity contribution in [3.05, 3.63) is 18.3 Å². The van der Waals surface area contributed by atoms with Crippen LogP contribution < -0.4 is 9.80 Å². The van der Waals surface area contributed by atoms with Gasteiger partial charge in [-0.2, -0.15) is 0 Å². The third-order valence-electron chi connectivity index (χ3n) is 2.62. The molecule has 0 aliphatic rings. The van der Waals surface area contributed by atoms with Crippen LogP contribution in [0.3, 0.4) is 0 Å². The fraction of sp³-hybridized carbons (Fsp3) is 0.533. The number of carbonyl (C=O) groups excluding carboxylic acids is 2. The van der Waals surface area contributed by atoms with Crippen molar-refractivity contribution in [1.29, 1.82) is 0 Å². The highest BCUT2D eigenvalue weighted by molar-refractivity contribution is 5.91. The van der Waals surface area contributed by atoms with Crippen molar-refractivity contribution in [2.75, 3.05) is 30.6 Å². The summed E-state index contributed by atoms with van der Waals surface area (Å²) in [5.41, 5.74) is -0.0245. The van der Waals surface area contributed by atoms with E-state index in [1.807, 2.05) is 0 Å². The Bertz CT molecular complexity index is 540. The van der Waals surface area contributed by atoms with E-state index >= 15 is 0 Å². The molecule has 0 aliphatic carbocycles. The quantitative estimate of drug-likeness (QED) is 0.628. The van der Waals surface area contributed by atoms with Gasteiger partial charge in [0.25, 0.3) is 0 Å². The number of esters is 1. The van der Waals surface area contributed by atoms with Crippen LogP contribution in [0.25, 0.3) is 0 Å². The first kappa shape index (κ1) is 17.7. The molecule has 22 heavy (non-hydrogen) atoms. The van der Waals surface area contributed by atoms with Crippen LogP contribution in [-0.2, 0) is 14.3 Å². The molecular weight excluding hydrogens is 286 g/mol. The third kappa shape index (κ3) is 5.23. The molecule has 0 aromatic carbocycles.